The zero-order valence-corrected chi connectivity index (χ0v) is 12.4. The van der Waals surface area contributed by atoms with Crippen LogP contribution in [-0.4, -0.2) is 14.9 Å². The van der Waals surface area contributed by atoms with E-state index in [1.54, 1.807) is 11.8 Å². The smallest absolute Gasteiger partial charge is 0.120 e. The topological polar surface area (TPSA) is 28.7 Å². The molecule has 2 nitrogen and oxygen atoms in total. The van der Waals surface area contributed by atoms with E-state index in [0.717, 1.165) is 16.2 Å². The average Bonchev–Trinajstić information content (AvgIpc) is 2.28. The Balaban J connectivity index is 2.51. The molecule has 0 atom stereocenters. The van der Waals surface area contributed by atoms with Crippen LogP contribution in [0.5, 0.6) is 0 Å². The van der Waals surface area contributed by atoms with Crippen LogP contribution in [0.15, 0.2) is 41.3 Å². The molecule has 0 unspecified atom stereocenters. The molecule has 4 heteroatoms. The molecule has 0 bridgehead atoms. The van der Waals surface area contributed by atoms with Crippen LogP contribution in [0.4, 0.5) is 0 Å². The van der Waals surface area contributed by atoms with E-state index >= 15 is 0 Å². The molecule has 0 aliphatic heterocycles. The number of thioether (sulfide) groups is 1. The molecule has 1 N–H and O–H groups in total. The Bertz CT molecular complexity index is 583. The second kappa shape index (κ2) is 5.24. The fourth-order valence-electron chi connectivity index (χ4n) is 1.60. The van der Waals surface area contributed by atoms with Crippen LogP contribution >= 0.6 is 24.0 Å². The Morgan fingerprint density at radius 2 is 1.83 bits per heavy atom. The molecule has 94 valence electrons. The lowest BCUT2D eigenvalue weighted by atomic mass is 10.1. The van der Waals surface area contributed by atoms with Gasteiger partial charge in [-0.05, 0) is 6.07 Å². The number of aromatic amines is 1. The lowest BCUT2D eigenvalue weighted by Crippen LogP contribution is -2.07. The molecule has 0 saturated carbocycles. The normalized spacial score (nSPS) is 11.5. The van der Waals surface area contributed by atoms with E-state index in [0.29, 0.717) is 4.64 Å². The van der Waals surface area contributed by atoms with E-state index in [1.807, 2.05) is 24.3 Å². The summed E-state index contributed by atoms with van der Waals surface area (Å²) in [6.45, 7) is 6.56. The van der Waals surface area contributed by atoms with Crippen molar-refractivity contribution in [1.29, 1.82) is 0 Å². The fourth-order valence-corrected chi connectivity index (χ4v) is 2.93. The van der Waals surface area contributed by atoms with Gasteiger partial charge in [-0.3, -0.25) is 5.10 Å². The van der Waals surface area contributed by atoms with Crippen molar-refractivity contribution in [2.75, 3.05) is 0 Å². The minimum Gasteiger partial charge on any atom is -0.267 e. The second-order valence-electron chi connectivity index (χ2n) is 5.03. The first-order valence-corrected chi connectivity index (χ1v) is 7.02. The van der Waals surface area contributed by atoms with Gasteiger partial charge in [-0.25, -0.2) is 0 Å². The molecule has 18 heavy (non-hydrogen) atoms. The summed E-state index contributed by atoms with van der Waals surface area (Å²) in [4.78, 5) is 1.12. The van der Waals surface area contributed by atoms with E-state index in [1.165, 1.54) is 0 Å². The average molecular weight is 276 g/mol. The molecule has 0 saturated heterocycles. The van der Waals surface area contributed by atoms with Gasteiger partial charge in [0.2, 0.25) is 0 Å². The maximum Gasteiger partial charge on any atom is 0.120 e. The van der Waals surface area contributed by atoms with Crippen molar-refractivity contribution in [3.63, 3.8) is 0 Å². The highest BCUT2D eigenvalue weighted by Crippen LogP contribution is 2.36. The van der Waals surface area contributed by atoms with Gasteiger partial charge in [0.05, 0.1) is 0 Å². The first kappa shape index (κ1) is 13.3. The van der Waals surface area contributed by atoms with Gasteiger partial charge in [-0.2, -0.15) is 5.10 Å². The Morgan fingerprint density at radius 1 is 1.17 bits per heavy atom. The molecule has 0 aliphatic carbocycles. The highest BCUT2D eigenvalue weighted by atomic mass is 32.2. The molecule has 1 aromatic heterocycles. The number of hydrogen-bond donors (Lipinski definition) is 1. The Hall–Kier alpha value is -1.13. The minimum atomic E-state index is 0.133. The molecular formula is C14H16N2S2. The van der Waals surface area contributed by atoms with E-state index in [-0.39, 0.29) is 4.75 Å². The number of nitrogens with one attached hydrogen (secondary N) is 1. The minimum absolute atomic E-state index is 0.133. The van der Waals surface area contributed by atoms with Crippen LogP contribution in [0.1, 0.15) is 20.8 Å². The maximum atomic E-state index is 5.17. The van der Waals surface area contributed by atoms with Crippen molar-refractivity contribution >= 4 is 24.0 Å². The highest BCUT2D eigenvalue weighted by Gasteiger charge is 2.16. The molecule has 2 aromatic rings. The van der Waals surface area contributed by atoms with Gasteiger partial charge in [0.1, 0.15) is 10.3 Å². The monoisotopic (exact) mass is 276 g/mol. The predicted molar refractivity (Wildman–Crippen MR) is 80.5 cm³/mol. The van der Waals surface area contributed by atoms with Crippen LogP contribution < -0.4 is 0 Å². The van der Waals surface area contributed by atoms with E-state index in [9.17, 15) is 0 Å². The molecule has 0 aliphatic rings. The molecule has 2 rings (SSSR count). The zero-order valence-electron chi connectivity index (χ0n) is 10.7. The Labute approximate surface area is 117 Å². The number of H-pyrrole nitrogens is 1. The molecule has 1 aromatic carbocycles. The maximum absolute atomic E-state index is 5.17. The van der Waals surface area contributed by atoms with Gasteiger partial charge in [-0.1, -0.05) is 63.3 Å². The summed E-state index contributed by atoms with van der Waals surface area (Å²) in [5.74, 6) is 0. The van der Waals surface area contributed by atoms with E-state index in [2.05, 4.69) is 43.1 Å². The van der Waals surface area contributed by atoms with Gasteiger partial charge in [0.15, 0.2) is 0 Å². The largest absolute Gasteiger partial charge is 0.267 e. The summed E-state index contributed by atoms with van der Waals surface area (Å²) in [6, 6.07) is 12.2. The van der Waals surface area contributed by atoms with Crippen LogP contribution in [0.25, 0.3) is 11.3 Å². The van der Waals surface area contributed by atoms with Gasteiger partial charge < -0.3 is 0 Å². The Kier molecular flexibility index (Phi) is 3.88. The highest BCUT2D eigenvalue weighted by molar-refractivity contribution is 8.00. The molecule has 0 radical (unpaired) electrons. The van der Waals surface area contributed by atoms with Crippen LogP contribution in [0, 0.1) is 4.64 Å². The van der Waals surface area contributed by atoms with Crippen molar-refractivity contribution in [2.45, 2.75) is 30.4 Å². The van der Waals surface area contributed by atoms with Gasteiger partial charge in [-0.15, -0.1) is 11.8 Å². The van der Waals surface area contributed by atoms with Gasteiger partial charge >= 0.3 is 0 Å². The standard InChI is InChI=1S/C14H16N2S2/c1-14(2,3)18-11-9-12(17)15-16-13(11)10-7-5-4-6-8-10/h4-9H,1-3H3,(H,15,17). The van der Waals surface area contributed by atoms with Gasteiger partial charge in [0.25, 0.3) is 0 Å². The Morgan fingerprint density at radius 3 is 2.44 bits per heavy atom. The van der Waals surface area contributed by atoms with Crippen molar-refractivity contribution in [2.24, 2.45) is 0 Å². The third-order valence-electron chi connectivity index (χ3n) is 2.24. The number of rotatable bonds is 2. The van der Waals surface area contributed by atoms with Crippen LogP contribution in [0.3, 0.4) is 0 Å². The first-order valence-electron chi connectivity index (χ1n) is 5.80. The predicted octanol–water partition coefficient (Wildman–Crippen LogP) is 4.70. The first-order chi connectivity index (χ1) is 8.46. The number of nitrogens with zero attached hydrogens (tertiary/aromatic N) is 1. The van der Waals surface area contributed by atoms with Crippen molar-refractivity contribution in [1.82, 2.24) is 10.2 Å². The summed E-state index contributed by atoms with van der Waals surface area (Å²) in [5.41, 5.74) is 2.07. The second-order valence-corrected chi connectivity index (χ2v) is 7.33. The third-order valence-corrected chi connectivity index (χ3v) is 3.59. The lowest BCUT2D eigenvalue weighted by molar-refractivity contribution is 0.801. The summed E-state index contributed by atoms with van der Waals surface area (Å²) in [6.07, 6.45) is 0. The summed E-state index contributed by atoms with van der Waals surface area (Å²) >= 11 is 6.95. The van der Waals surface area contributed by atoms with Crippen molar-refractivity contribution < 1.29 is 0 Å². The molecular weight excluding hydrogens is 260 g/mol. The molecule has 0 amide bonds. The van der Waals surface area contributed by atoms with Gasteiger partial charge in [0, 0.05) is 15.2 Å². The number of hydrogen-bond acceptors (Lipinski definition) is 3. The molecule has 0 spiro atoms. The van der Waals surface area contributed by atoms with Crippen LogP contribution in [0.2, 0.25) is 0 Å². The SMILES string of the molecule is CC(C)(C)Sc1cc(=S)[nH]nc1-c1ccccc1. The van der Waals surface area contributed by atoms with Crippen LogP contribution in [-0.2, 0) is 0 Å². The molecule has 1 heterocycles. The lowest BCUT2D eigenvalue weighted by Gasteiger charge is -2.19. The van der Waals surface area contributed by atoms with Crippen molar-refractivity contribution in [3.05, 3.63) is 41.0 Å². The van der Waals surface area contributed by atoms with Crippen molar-refractivity contribution in [3.8, 4) is 11.3 Å². The summed E-state index contributed by atoms with van der Waals surface area (Å²) < 4.78 is 0.801. The van der Waals surface area contributed by atoms with E-state index < -0.39 is 0 Å². The summed E-state index contributed by atoms with van der Waals surface area (Å²) in [5, 5.41) is 7.26. The summed E-state index contributed by atoms with van der Waals surface area (Å²) in [7, 11) is 0. The fraction of sp³-hybridized carbons (Fsp3) is 0.286. The number of aromatic nitrogens is 2. The number of benzene rings is 1. The third kappa shape index (κ3) is 3.43. The molecule has 0 fully saturated rings. The van der Waals surface area contributed by atoms with E-state index in [4.69, 9.17) is 12.2 Å². The zero-order chi connectivity index (χ0) is 13.2. The quantitative estimate of drug-likeness (QED) is 0.637.